The third-order valence-corrected chi connectivity index (χ3v) is 6.09. The number of aromatic nitrogens is 1. The first kappa shape index (κ1) is 18.7. The van der Waals surface area contributed by atoms with Gasteiger partial charge in [0.05, 0.1) is 25.0 Å². The van der Waals surface area contributed by atoms with Crippen LogP contribution in [0.3, 0.4) is 0 Å². The van der Waals surface area contributed by atoms with Crippen molar-refractivity contribution in [2.75, 3.05) is 31.3 Å². The van der Waals surface area contributed by atoms with Crippen LogP contribution >= 0.6 is 23.1 Å². The lowest BCUT2D eigenvalue weighted by molar-refractivity contribution is -0.129. The van der Waals surface area contributed by atoms with Gasteiger partial charge in [0.15, 0.2) is 4.34 Å². The number of carbonyl (C=O) groups excluding carboxylic acids is 2. The van der Waals surface area contributed by atoms with E-state index in [9.17, 15) is 9.59 Å². The van der Waals surface area contributed by atoms with Gasteiger partial charge in [0.25, 0.3) is 0 Å². The predicted molar refractivity (Wildman–Crippen MR) is 104 cm³/mol. The fraction of sp³-hybridized carbons (Fsp3) is 0.389. The van der Waals surface area contributed by atoms with Gasteiger partial charge in [-0.05, 0) is 37.1 Å². The van der Waals surface area contributed by atoms with E-state index in [1.165, 1.54) is 23.1 Å². The van der Waals surface area contributed by atoms with E-state index in [0.29, 0.717) is 6.42 Å². The molecule has 2 aromatic rings. The molecule has 0 radical (unpaired) electrons. The Morgan fingerprint density at radius 2 is 2.00 bits per heavy atom. The SMILES string of the molecule is COc1ccc(NC(=O)CSc2nc(CC(=O)N3CCCC3)cs2)cc1. The number of rotatable bonds is 7. The molecular weight excluding hydrogens is 370 g/mol. The summed E-state index contributed by atoms with van der Waals surface area (Å²) in [7, 11) is 1.60. The number of amides is 2. The molecule has 0 atom stereocenters. The Labute approximate surface area is 160 Å². The van der Waals surface area contributed by atoms with Crippen LogP contribution in [0.4, 0.5) is 5.69 Å². The number of hydrogen-bond acceptors (Lipinski definition) is 6. The van der Waals surface area contributed by atoms with Crippen LogP contribution in [0.1, 0.15) is 18.5 Å². The molecule has 8 heteroatoms. The number of nitrogens with one attached hydrogen (secondary N) is 1. The maximum Gasteiger partial charge on any atom is 0.234 e. The number of benzene rings is 1. The number of nitrogens with zero attached hydrogens (tertiary/aromatic N) is 2. The van der Waals surface area contributed by atoms with Gasteiger partial charge in [-0.25, -0.2) is 4.98 Å². The lowest BCUT2D eigenvalue weighted by Gasteiger charge is -2.13. The highest BCUT2D eigenvalue weighted by Gasteiger charge is 2.19. The van der Waals surface area contributed by atoms with E-state index in [1.54, 1.807) is 31.4 Å². The molecule has 1 aliphatic rings. The maximum atomic E-state index is 12.1. The fourth-order valence-corrected chi connectivity index (χ4v) is 4.31. The first-order chi connectivity index (χ1) is 12.6. The molecule has 1 aromatic carbocycles. The van der Waals surface area contributed by atoms with Crippen molar-refractivity contribution in [2.45, 2.75) is 23.6 Å². The zero-order valence-corrected chi connectivity index (χ0v) is 16.2. The van der Waals surface area contributed by atoms with Gasteiger partial charge in [0.2, 0.25) is 11.8 Å². The van der Waals surface area contributed by atoms with Crippen LogP contribution in [0.25, 0.3) is 0 Å². The molecule has 0 bridgehead atoms. The molecule has 3 rings (SSSR count). The molecule has 1 fully saturated rings. The summed E-state index contributed by atoms with van der Waals surface area (Å²) in [5, 5.41) is 4.74. The first-order valence-electron chi connectivity index (χ1n) is 8.43. The Kier molecular flexibility index (Phi) is 6.51. The van der Waals surface area contributed by atoms with E-state index < -0.39 is 0 Å². The maximum absolute atomic E-state index is 12.1. The van der Waals surface area contributed by atoms with Crippen LogP contribution in [0.2, 0.25) is 0 Å². The summed E-state index contributed by atoms with van der Waals surface area (Å²) >= 11 is 2.85. The highest BCUT2D eigenvalue weighted by molar-refractivity contribution is 8.01. The normalized spacial score (nSPS) is 13.7. The highest BCUT2D eigenvalue weighted by Crippen LogP contribution is 2.24. The van der Waals surface area contributed by atoms with Gasteiger partial charge < -0.3 is 15.0 Å². The number of methoxy groups -OCH3 is 1. The molecule has 2 heterocycles. The predicted octanol–water partition coefficient (Wildman–Crippen LogP) is 3.05. The van der Waals surface area contributed by atoms with Crippen molar-refractivity contribution >= 4 is 40.6 Å². The van der Waals surface area contributed by atoms with E-state index >= 15 is 0 Å². The summed E-state index contributed by atoms with van der Waals surface area (Å²) in [4.78, 5) is 30.6. The Morgan fingerprint density at radius 1 is 1.27 bits per heavy atom. The first-order valence-corrected chi connectivity index (χ1v) is 10.3. The minimum atomic E-state index is -0.0925. The fourth-order valence-electron chi connectivity index (χ4n) is 2.67. The Morgan fingerprint density at radius 3 is 2.69 bits per heavy atom. The number of carbonyl (C=O) groups is 2. The van der Waals surface area contributed by atoms with Crippen molar-refractivity contribution in [3.8, 4) is 5.75 Å². The molecule has 1 saturated heterocycles. The smallest absolute Gasteiger partial charge is 0.234 e. The van der Waals surface area contributed by atoms with Crippen molar-refractivity contribution < 1.29 is 14.3 Å². The molecule has 2 amide bonds. The second-order valence-electron chi connectivity index (χ2n) is 5.93. The number of anilines is 1. The van der Waals surface area contributed by atoms with Crippen molar-refractivity contribution in [1.29, 1.82) is 0 Å². The number of likely N-dealkylation sites (tertiary alicyclic amines) is 1. The molecular formula is C18H21N3O3S2. The molecule has 0 saturated carbocycles. The van der Waals surface area contributed by atoms with Gasteiger partial charge >= 0.3 is 0 Å². The van der Waals surface area contributed by atoms with E-state index in [4.69, 9.17) is 4.74 Å². The summed E-state index contributed by atoms with van der Waals surface area (Å²) in [6.45, 7) is 1.71. The summed E-state index contributed by atoms with van der Waals surface area (Å²) < 4.78 is 5.90. The average Bonchev–Trinajstić information content (AvgIpc) is 3.33. The largest absolute Gasteiger partial charge is 0.497 e. The van der Waals surface area contributed by atoms with Gasteiger partial charge in [-0.15, -0.1) is 11.3 Å². The number of hydrogen-bond donors (Lipinski definition) is 1. The molecule has 138 valence electrons. The van der Waals surface area contributed by atoms with Gasteiger partial charge in [0, 0.05) is 24.2 Å². The lowest BCUT2D eigenvalue weighted by Crippen LogP contribution is -2.29. The summed E-state index contributed by atoms with van der Waals surface area (Å²) in [5.74, 6) is 1.07. The quantitative estimate of drug-likeness (QED) is 0.735. The van der Waals surface area contributed by atoms with Crippen LogP contribution in [0.15, 0.2) is 34.0 Å². The van der Waals surface area contributed by atoms with E-state index in [1.807, 2.05) is 10.3 Å². The Bertz CT molecular complexity index is 755. The number of thiazole rings is 1. The Hall–Kier alpha value is -2.06. The molecule has 0 unspecified atom stereocenters. The standard InChI is InChI=1S/C18H21N3O3S2/c1-24-15-6-4-13(5-7-15)19-16(22)12-26-18-20-14(11-25-18)10-17(23)21-8-2-3-9-21/h4-7,11H,2-3,8-10,12H2,1H3,(H,19,22). The molecule has 0 spiro atoms. The molecule has 1 aromatic heterocycles. The monoisotopic (exact) mass is 391 g/mol. The topological polar surface area (TPSA) is 71.5 Å². The molecule has 6 nitrogen and oxygen atoms in total. The van der Waals surface area contributed by atoms with Gasteiger partial charge in [-0.1, -0.05) is 11.8 Å². The third-order valence-electron chi connectivity index (χ3n) is 4.02. The summed E-state index contributed by atoms with van der Waals surface area (Å²) in [6, 6.07) is 7.19. The minimum absolute atomic E-state index is 0.0925. The van der Waals surface area contributed by atoms with E-state index in [-0.39, 0.29) is 17.6 Å². The van der Waals surface area contributed by atoms with Gasteiger partial charge in [0.1, 0.15) is 5.75 Å². The van der Waals surface area contributed by atoms with Gasteiger partial charge in [-0.2, -0.15) is 0 Å². The van der Waals surface area contributed by atoms with Gasteiger partial charge in [-0.3, -0.25) is 9.59 Å². The zero-order valence-electron chi connectivity index (χ0n) is 14.6. The van der Waals surface area contributed by atoms with Crippen molar-refractivity contribution in [3.63, 3.8) is 0 Å². The van der Waals surface area contributed by atoms with Crippen molar-refractivity contribution in [1.82, 2.24) is 9.88 Å². The van der Waals surface area contributed by atoms with Crippen LogP contribution in [-0.2, 0) is 16.0 Å². The molecule has 0 aliphatic carbocycles. The van der Waals surface area contributed by atoms with Crippen LogP contribution < -0.4 is 10.1 Å². The summed E-state index contributed by atoms with van der Waals surface area (Å²) in [6.07, 6.45) is 2.52. The number of ether oxygens (including phenoxy) is 1. The van der Waals surface area contributed by atoms with E-state index in [0.717, 1.165) is 47.4 Å². The van der Waals surface area contributed by atoms with Crippen LogP contribution in [0, 0.1) is 0 Å². The van der Waals surface area contributed by atoms with Crippen molar-refractivity contribution in [2.24, 2.45) is 0 Å². The third kappa shape index (κ3) is 5.22. The summed E-state index contributed by atoms with van der Waals surface area (Å²) in [5.41, 5.74) is 1.51. The van der Waals surface area contributed by atoms with Crippen LogP contribution in [-0.4, -0.2) is 47.7 Å². The molecule has 26 heavy (non-hydrogen) atoms. The number of thioether (sulfide) groups is 1. The highest BCUT2D eigenvalue weighted by atomic mass is 32.2. The minimum Gasteiger partial charge on any atom is -0.497 e. The average molecular weight is 392 g/mol. The molecule has 1 aliphatic heterocycles. The van der Waals surface area contributed by atoms with Crippen molar-refractivity contribution in [3.05, 3.63) is 35.3 Å². The Balaban J connectivity index is 1.44. The second kappa shape index (κ2) is 9.05. The molecule has 1 N–H and O–H groups in total. The van der Waals surface area contributed by atoms with E-state index in [2.05, 4.69) is 10.3 Å². The second-order valence-corrected chi connectivity index (χ2v) is 8.02. The zero-order chi connectivity index (χ0) is 18.4. The van der Waals surface area contributed by atoms with Crippen LogP contribution in [0.5, 0.6) is 5.75 Å². The lowest BCUT2D eigenvalue weighted by atomic mass is 10.3.